The van der Waals surface area contributed by atoms with Crippen LogP contribution in [0.5, 0.6) is 0 Å². The van der Waals surface area contributed by atoms with E-state index in [1.165, 1.54) is 0 Å². The number of rotatable bonds is 8. The van der Waals surface area contributed by atoms with Crippen molar-refractivity contribution in [3.05, 3.63) is 24.0 Å². The van der Waals surface area contributed by atoms with E-state index in [-0.39, 0.29) is 0 Å². The maximum Gasteiger partial charge on any atom is 0.0640 e. The van der Waals surface area contributed by atoms with E-state index in [1.807, 2.05) is 6.20 Å². The first-order chi connectivity index (χ1) is 9.26. The Hall–Kier alpha value is -1.60. The van der Waals surface area contributed by atoms with E-state index < -0.39 is 0 Å². The summed E-state index contributed by atoms with van der Waals surface area (Å²) in [4.78, 5) is 6.73. The lowest BCUT2D eigenvalue weighted by Gasteiger charge is -2.22. The van der Waals surface area contributed by atoms with Crippen LogP contribution >= 0.6 is 0 Å². The second kappa shape index (κ2) is 8.49. The van der Waals surface area contributed by atoms with Crippen LogP contribution in [0.4, 0.5) is 5.69 Å². The maximum absolute atomic E-state index is 8.66. The first-order valence-corrected chi connectivity index (χ1v) is 7.07. The van der Waals surface area contributed by atoms with Gasteiger partial charge in [0.1, 0.15) is 0 Å². The molecule has 0 amide bonds. The summed E-state index contributed by atoms with van der Waals surface area (Å²) >= 11 is 0. The summed E-state index contributed by atoms with van der Waals surface area (Å²) in [7, 11) is 0. The van der Waals surface area contributed by atoms with Crippen molar-refractivity contribution in [3.63, 3.8) is 0 Å². The zero-order valence-electron chi connectivity index (χ0n) is 12.2. The van der Waals surface area contributed by atoms with Crippen molar-refractivity contribution in [2.75, 3.05) is 24.5 Å². The van der Waals surface area contributed by atoms with Crippen molar-refractivity contribution in [2.45, 2.75) is 39.7 Å². The lowest BCUT2D eigenvalue weighted by atomic mass is 10.1. The van der Waals surface area contributed by atoms with Gasteiger partial charge in [-0.25, -0.2) is 0 Å². The van der Waals surface area contributed by atoms with Gasteiger partial charge in [0.15, 0.2) is 0 Å². The van der Waals surface area contributed by atoms with Crippen LogP contribution in [0.3, 0.4) is 0 Å². The number of pyridine rings is 1. The average Bonchev–Trinajstić information content (AvgIpc) is 2.46. The molecule has 19 heavy (non-hydrogen) atoms. The number of nitriles is 1. The Morgan fingerprint density at radius 2 is 2.16 bits per heavy atom. The molecule has 0 fully saturated rings. The molecule has 1 aromatic rings. The first kappa shape index (κ1) is 15.5. The number of nitrogens with zero attached hydrogens (tertiary/aromatic N) is 3. The molecule has 0 saturated heterocycles. The molecule has 0 aromatic carbocycles. The van der Waals surface area contributed by atoms with Gasteiger partial charge in [-0.1, -0.05) is 13.8 Å². The highest BCUT2D eigenvalue weighted by Crippen LogP contribution is 2.18. The Kier molecular flexibility index (Phi) is 6.91. The zero-order chi connectivity index (χ0) is 14.1. The summed E-state index contributed by atoms with van der Waals surface area (Å²) in [5, 5.41) is 12.1. The van der Waals surface area contributed by atoms with Gasteiger partial charge in [0, 0.05) is 19.1 Å². The highest BCUT2D eigenvalue weighted by molar-refractivity contribution is 5.44. The van der Waals surface area contributed by atoms with E-state index in [0.717, 1.165) is 37.4 Å². The Bertz CT molecular complexity index is 394. The number of hydrogen-bond acceptors (Lipinski definition) is 4. The van der Waals surface area contributed by atoms with Crippen molar-refractivity contribution in [1.82, 2.24) is 10.3 Å². The van der Waals surface area contributed by atoms with Crippen LogP contribution < -0.4 is 10.2 Å². The molecular formula is C15H24N4. The molecule has 0 spiro atoms. The van der Waals surface area contributed by atoms with Gasteiger partial charge in [-0.15, -0.1) is 0 Å². The SMILES string of the molecule is CCNC(CC)c1ccc(N(CC)CCC#N)cn1. The van der Waals surface area contributed by atoms with E-state index in [2.05, 4.69) is 54.2 Å². The molecule has 0 aliphatic rings. The minimum absolute atomic E-state index is 0.327. The summed E-state index contributed by atoms with van der Waals surface area (Å²) < 4.78 is 0. The molecular weight excluding hydrogens is 236 g/mol. The van der Waals surface area contributed by atoms with Gasteiger partial charge in [0.25, 0.3) is 0 Å². The number of aromatic nitrogens is 1. The Morgan fingerprint density at radius 1 is 1.37 bits per heavy atom. The molecule has 0 bridgehead atoms. The Labute approximate surface area is 116 Å². The first-order valence-electron chi connectivity index (χ1n) is 7.07. The minimum atomic E-state index is 0.327. The smallest absolute Gasteiger partial charge is 0.0640 e. The highest BCUT2D eigenvalue weighted by Gasteiger charge is 2.10. The van der Waals surface area contributed by atoms with E-state index in [9.17, 15) is 0 Å². The monoisotopic (exact) mass is 260 g/mol. The minimum Gasteiger partial charge on any atom is -0.370 e. The molecule has 0 aliphatic carbocycles. The fourth-order valence-corrected chi connectivity index (χ4v) is 2.15. The molecule has 4 heteroatoms. The number of hydrogen-bond donors (Lipinski definition) is 1. The Morgan fingerprint density at radius 3 is 2.63 bits per heavy atom. The van der Waals surface area contributed by atoms with Crippen molar-refractivity contribution < 1.29 is 0 Å². The quantitative estimate of drug-likeness (QED) is 0.781. The van der Waals surface area contributed by atoms with Crippen LogP contribution in [-0.4, -0.2) is 24.6 Å². The summed E-state index contributed by atoms with van der Waals surface area (Å²) in [6.07, 6.45) is 3.49. The van der Waals surface area contributed by atoms with E-state index in [1.54, 1.807) is 0 Å². The third-order valence-corrected chi connectivity index (χ3v) is 3.23. The molecule has 1 aromatic heterocycles. The van der Waals surface area contributed by atoms with Crippen LogP contribution in [0.1, 0.15) is 45.3 Å². The van der Waals surface area contributed by atoms with Gasteiger partial charge in [0.2, 0.25) is 0 Å². The summed E-state index contributed by atoms with van der Waals surface area (Å²) in [6.45, 7) is 8.97. The van der Waals surface area contributed by atoms with Crippen LogP contribution in [0.2, 0.25) is 0 Å². The third-order valence-electron chi connectivity index (χ3n) is 3.23. The van der Waals surface area contributed by atoms with Crippen molar-refractivity contribution in [2.24, 2.45) is 0 Å². The van der Waals surface area contributed by atoms with Crippen LogP contribution in [0, 0.1) is 11.3 Å². The molecule has 1 unspecified atom stereocenters. The largest absolute Gasteiger partial charge is 0.370 e. The highest BCUT2D eigenvalue weighted by atomic mass is 15.1. The van der Waals surface area contributed by atoms with Crippen LogP contribution in [0.15, 0.2) is 18.3 Å². The second-order valence-electron chi connectivity index (χ2n) is 4.45. The summed E-state index contributed by atoms with van der Waals surface area (Å²) in [5.41, 5.74) is 2.18. The van der Waals surface area contributed by atoms with Crippen molar-refractivity contribution in [1.29, 1.82) is 5.26 Å². The standard InChI is InChI=1S/C15H24N4/c1-4-14(17-5-2)15-9-8-13(12-18-15)19(6-3)11-7-10-16/h8-9,12,14,17H,4-7,11H2,1-3H3. The lowest BCUT2D eigenvalue weighted by molar-refractivity contribution is 0.525. The van der Waals surface area contributed by atoms with Gasteiger partial charge in [-0.05, 0) is 32.0 Å². The van der Waals surface area contributed by atoms with E-state index >= 15 is 0 Å². The predicted molar refractivity (Wildman–Crippen MR) is 79.1 cm³/mol. The van der Waals surface area contributed by atoms with Gasteiger partial charge < -0.3 is 10.2 Å². The normalized spacial score (nSPS) is 11.9. The van der Waals surface area contributed by atoms with Gasteiger partial charge in [-0.3, -0.25) is 4.98 Å². The summed E-state index contributed by atoms with van der Waals surface area (Å²) in [5.74, 6) is 0. The van der Waals surface area contributed by atoms with E-state index in [0.29, 0.717) is 12.5 Å². The molecule has 4 nitrogen and oxygen atoms in total. The van der Waals surface area contributed by atoms with Crippen molar-refractivity contribution >= 4 is 5.69 Å². The molecule has 1 rings (SSSR count). The van der Waals surface area contributed by atoms with Gasteiger partial charge >= 0.3 is 0 Å². The predicted octanol–water partition coefficient (Wildman–Crippen LogP) is 2.88. The van der Waals surface area contributed by atoms with Crippen LogP contribution in [-0.2, 0) is 0 Å². The topological polar surface area (TPSA) is 52.0 Å². The van der Waals surface area contributed by atoms with E-state index in [4.69, 9.17) is 5.26 Å². The van der Waals surface area contributed by atoms with Gasteiger partial charge in [0.05, 0.1) is 30.1 Å². The molecule has 0 radical (unpaired) electrons. The molecule has 1 N–H and O–H groups in total. The molecule has 104 valence electrons. The lowest BCUT2D eigenvalue weighted by Crippen LogP contribution is -2.24. The van der Waals surface area contributed by atoms with Crippen LogP contribution in [0.25, 0.3) is 0 Å². The molecule has 1 atom stereocenters. The molecule has 0 aliphatic heterocycles. The summed E-state index contributed by atoms with van der Waals surface area (Å²) in [6, 6.07) is 6.70. The molecule has 1 heterocycles. The maximum atomic E-state index is 8.66. The number of nitrogens with one attached hydrogen (secondary N) is 1. The number of anilines is 1. The molecule has 0 saturated carbocycles. The second-order valence-corrected chi connectivity index (χ2v) is 4.45. The average molecular weight is 260 g/mol. The van der Waals surface area contributed by atoms with Crippen molar-refractivity contribution in [3.8, 4) is 6.07 Å². The fraction of sp³-hybridized carbons (Fsp3) is 0.600. The fourth-order valence-electron chi connectivity index (χ4n) is 2.15. The Balaban J connectivity index is 2.76. The third kappa shape index (κ3) is 4.53. The van der Waals surface area contributed by atoms with Gasteiger partial charge in [-0.2, -0.15) is 5.26 Å². The zero-order valence-corrected chi connectivity index (χ0v) is 12.2.